The van der Waals surface area contributed by atoms with Gasteiger partial charge in [0.25, 0.3) is 5.91 Å². The van der Waals surface area contributed by atoms with Crippen molar-refractivity contribution in [2.45, 2.75) is 12.7 Å². The molecule has 0 saturated heterocycles. The van der Waals surface area contributed by atoms with Gasteiger partial charge >= 0.3 is 0 Å². The Labute approximate surface area is 92.5 Å². The van der Waals surface area contributed by atoms with Crippen molar-refractivity contribution in [1.82, 2.24) is 5.43 Å². The summed E-state index contributed by atoms with van der Waals surface area (Å²) in [6.45, 7) is 2.38. The van der Waals surface area contributed by atoms with Gasteiger partial charge in [0.2, 0.25) is 0 Å². The molecule has 5 nitrogen and oxygen atoms in total. The Balaban J connectivity index is 2.64. The zero-order valence-electron chi connectivity index (χ0n) is 8.58. The monoisotopic (exact) mass is 229 g/mol. The van der Waals surface area contributed by atoms with Crippen molar-refractivity contribution in [3.63, 3.8) is 0 Å². The number of nitrogens with two attached hydrogens (primary N) is 2. The van der Waals surface area contributed by atoms with Gasteiger partial charge in [-0.05, 0) is 13.0 Å². The highest BCUT2D eigenvalue weighted by molar-refractivity contribution is 7.98. The van der Waals surface area contributed by atoms with Gasteiger partial charge in [-0.3, -0.25) is 10.2 Å². The standard InChI is InChI=1S/C9H15N3O2S/c1-6-8(9(13)12-11)4-7(14-6)5-15-3-2-10/h4H,2-3,5,10-11H2,1H3,(H,12,13). The van der Waals surface area contributed by atoms with Gasteiger partial charge in [0.1, 0.15) is 11.5 Å². The Morgan fingerprint density at radius 2 is 2.40 bits per heavy atom. The fraction of sp³-hybridized carbons (Fsp3) is 0.444. The normalized spacial score (nSPS) is 10.3. The minimum absolute atomic E-state index is 0.327. The first-order valence-corrected chi connectivity index (χ1v) is 5.72. The zero-order chi connectivity index (χ0) is 11.3. The van der Waals surface area contributed by atoms with E-state index in [0.29, 0.717) is 17.9 Å². The molecule has 5 N–H and O–H groups in total. The average Bonchev–Trinajstić information content (AvgIpc) is 2.59. The van der Waals surface area contributed by atoms with Crippen LogP contribution in [0.1, 0.15) is 21.9 Å². The maximum Gasteiger partial charge on any atom is 0.268 e. The number of thioether (sulfide) groups is 1. The third kappa shape index (κ3) is 3.26. The van der Waals surface area contributed by atoms with Gasteiger partial charge < -0.3 is 10.2 Å². The molecule has 0 aromatic carbocycles. The van der Waals surface area contributed by atoms with Gasteiger partial charge in [0.15, 0.2) is 0 Å². The number of carbonyl (C=O) groups is 1. The summed E-state index contributed by atoms with van der Waals surface area (Å²) in [6.07, 6.45) is 0. The molecule has 1 heterocycles. The van der Waals surface area contributed by atoms with Crippen LogP contribution in [0, 0.1) is 6.92 Å². The van der Waals surface area contributed by atoms with Crippen LogP contribution >= 0.6 is 11.8 Å². The van der Waals surface area contributed by atoms with E-state index in [4.69, 9.17) is 16.0 Å². The molecule has 0 aliphatic carbocycles. The van der Waals surface area contributed by atoms with E-state index in [1.807, 2.05) is 0 Å². The van der Waals surface area contributed by atoms with Gasteiger partial charge in [-0.15, -0.1) is 0 Å². The fourth-order valence-electron chi connectivity index (χ4n) is 1.17. The number of hydrogen-bond donors (Lipinski definition) is 3. The van der Waals surface area contributed by atoms with Crippen molar-refractivity contribution in [1.29, 1.82) is 0 Å². The number of hydrazine groups is 1. The van der Waals surface area contributed by atoms with Gasteiger partial charge in [-0.25, -0.2) is 5.84 Å². The van der Waals surface area contributed by atoms with Crippen LogP contribution in [0.2, 0.25) is 0 Å². The topological polar surface area (TPSA) is 94.3 Å². The van der Waals surface area contributed by atoms with Crippen LogP contribution < -0.4 is 17.0 Å². The summed E-state index contributed by atoms with van der Waals surface area (Å²) in [5.41, 5.74) is 7.93. The van der Waals surface area contributed by atoms with Gasteiger partial charge in [0.05, 0.1) is 11.3 Å². The first-order chi connectivity index (χ1) is 7.19. The Kier molecular flexibility index (Phi) is 4.67. The van der Waals surface area contributed by atoms with Crippen molar-refractivity contribution in [2.24, 2.45) is 11.6 Å². The summed E-state index contributed by atoms with van der Waals surface area (Å²) in [4.78, 5) is 11.3. The highest BCUT2D eigenvalue weighted by Crippen LogP contribution is 2.19. The molecule has 0 bridgehead atoms. The second kappa shape index (κ2) is 5.79. The minimum Gasteiger partial charge on any atom is -0.465 e. The Bertz CT molecular complexity index is 338. The third-order valence-electron chi connectivity index (χ3n) is 1.85. The summed E-state index contributed by atoms with van der Waals surface area (Å²) in [5.74, 6) is 7.66. The maximum absolute atomic E-state index is 11.3. The first kappa shape index (κ1) is 12.1. The predicted octanol–water partition coefficient (Wildman–Crippen LogP) is 0.383. The lowest BCUT2D eigenvalue weighted by Gasteiger charge is -1.94. The molecule has 1 rings (SSSR count). The molecule has 0 saturated carbocycles. The van der Waals surface area contributed by atoms with E-state index in [9.17, 15) is 4.79 Å². The number of rotatable bonds is 5. The molecule has 1 amide bonds. The molecule has 84 valence electrons. The van der Waals surface area contributed by atoms with Crippen LogP contribution in [0.15, 0.2) is 10.5 Å². The first-order valence-electron chi connectivity index (χ1n) is 4.57. The van der Waals surface area contributed by atoms with Crippen LogP contribution in [0.25, 0.3) is 0 Å². The van der Waals surface area contributed by atoms with Crippen molar-refractivity contribution in [3.05, 3.63) is 23.2 Å². The summed E-state index contributed by atoms with van der Waals surface area (Å²) < 4.78 is 5.41. The second-order valence-electron chi connectivity index (χ2n) is 3.00. The number of furan rings is 1. The van der Waals surface area contributed by atoms with Gasteiger partial charge in [0, 0.05) is 12.3 Å². The molecule has 15 heavy (non-hydrogen) atoms. The number of carbonyl (C=O) groups excluding carboxylic acids is 1. The third-order valence-corrected chi connectivity index (χ3v) is 2.86. The molecule has 6 heteroatoms. The van der Waals surface area contributed by atoms with Gasteiger partial charge in [-0.2, -0.15) is 11.8 Å². The summed E-state index contributed by atoms with van der Waals surface area (Å²) >= 11 is 1.67. The quantitative estimate of drug-likeness (QED) is 0.294. The van der Waals surface area contributed by atoms with E-state index in [-0.39, 0.29) is 5.91 Å². The largest absolute Gasteiger partial charge is 0.465 e. The van der Waals surface area contributed by atoms with Crippen molar-refractivity contribution in [3.8, 4) is 0 Å². The Hall–Kier alpha value is -0.980. The lowest BCUT2D eigenvalue weighted by Crippen LogP contribution is -2.30. The number of nitrogen functional groups attached to an aromatic ring is 1. The van der Waals surface area contributed by atoms with Crippen molar-refractivity contribution < 1.29 is 9.21 Å². The molecule has 0 spiro atoms. The lowest BCUT2D eigenvalue weighted by molar-refractivity contribution is 0.0952. The van der Waals surface area contributed by atoms with E-state index in [1.54, 1.807) is 24.8 Å². The number of hydrogen-bond acceptors (Lipinski definition) is 5. The lowest BCUT2D eigenvalue weighted by atomic mass is 10.2. The molecular formula is C9H15N3O2S. The highest BCUT2D eigenvalue weighted by Gasteiger charge is 2.13. The molecule has 1 aromatic heterocycles. The summed E-state index contributed by atoms with van der Waals surface area (Å²) in [7, 11) is 0. The van der Waals surface area contributed by atoms with Crippen molar-refractivity contribution in [2.75, 3.05) is 12.3 Å². The maximum atomic E-state index is 11.3. The predicted molar refractivity (Wildman–Crippen MR) is 60.3 cm³/mol. The Morgan fingerprint density at radius 1 is 1.67 bits per heavy atom. The average molecular weight is 229 g/mol. The molecule has 0 atom stereocenters. The van der Waals surface area contributed by atoms with Crippen molar-refractivity contribution >= 4 is 17.7 Å². The molecule has 1 aromatic rings. The summed E-state index contributed by atoms with van der Waals surface area (Å²) in [5, 5.41) is 0. The zero-order valence-corrected chi connectivity index (χ0v) is 9.39. The van der Waals surface area contributed by atoms with E-state index < -0.39 is 0 Å². The van der Waals surface area contributed by atoms with Gasteiger partial charge in [-0.1, -0.05) is 0 Å². The van der Waals surface area contributed by atoms with Crippen LogP contribution in [-0.2, 0) is 5.75 Å². The van der Waals surface area contributed by atoms with E-state index in [0.717, 1.165) is 17.3 Å². The molecule has 0 radical (unpaired) electrons. The molecule has 0 fully saturated rings. The van der Waals surface area contributed by atoms with Crippen LogP contribution in [0.3, 0.4) is 0 Å². The smallest absolute Gasteiger partial charge is 0.268 e. The molecule has 0 aliphatic heterocycles. The highest BCUT2D eigenvalue weighted by atomic mass is 32.2. The minimum atomic E-state index is -0.327. The molecule has 0 unspecified atom stereocenters. The van der Waals surface area contributed by atoms with Crippen LogP contribution in [0.5, 0.6) is 0 Å². The van der Waals surface area contributed by atoms with E-state index in [2.05, 4.69) is 5.43 Å². The van der Waals surface area contributed by atoms with Crippen LogP contribution in [0.4, 0.5) is 0 Å². The molecule has 0 aliphatic rings. The Morgan fingerprint density at radius 3 is 3.00 bits per heavy atom. The number of nitrogens with one attached hydrogen (secondary N) is 1. The number of aryl methyl sites for hydroxylation is 1. The van der Waals surface area contributed by atoms with E-state index >= 15 is 0 Å². The number of amides is 1. The summed E-state index contributed by atoms with van der Waals surface area (Å²) in [6, 6.07) is 1.71. The SMILES string of the molecule is Cc1oc(CSCCN)cc1C(=O)NN. The van der Waals surface area contributed by atoms with Crippen LogP contribution in [-0.4, -0.2) is 18.2 Å². The second-order valence-corrected chi connectivity index (χ2v) is 4.10. The fourth-order valence-corrected chi connectivity index (χ4v) is 1.83. The molecular weight excluding hydrogens is 214 g/mol. The van der Waals surface area contributed by atoms with E-state index in [1.165, 1.54) is 0 Å².